The van der Waals surface area contributed by atoms with E-state index in [2.05, 4.69) is 10.3 Å². The number of amides is 1. The predicted octanol–water partition coefficient (Wildman–Crippen LogP) is 2.99. The van der Waals surface area contributed by atoms with Gasteiger partial charge in [0, 0.05) is 17.7 Å². The second kappa shape index (κ2) is 6.66. The number of aromatic nitrogens is 1. The molecule has 0 saturated heterocycles. The number of carbonyl (C=O) groups is 1. The first-order valence-electron chi connectivity index (χ1n) is 5.32. The molecule has 0 fully saturated rings. The average molecular weight is 293 g/mol. The maximum atomic E-state index is 10.5. The van der Waals surface area contributed by atoms with Crippen LogP contribution < -0.4 is 10.1 Å². The molecular weight excluding hydrogens is 279 g/mol. The number of nitrogens with zero attached hydrogens (tertiary/aromatic N) is 1. The second-order valence-corrected chi connectivity index (χ2v) is 4.55. The van der Waals surface area contributed by atoms with E-state index >= 15 is 0 Å². The van der Waals surface area contributed by atoms with E-state index in [9.17, 15) is 4.79 Å². The van der Waals surface area contributed by atoms with E-state index in [1.165, 1.54) is 7.11 Å². The van der Waals surface area contributed by atoms with Gasteiger partial charge in [0.2, 0.25) is 0 Å². The van der Waals surface area contributed by atoms with Crippen LogP contribution in [0.5, 0.6) is 5.75 Å². The maximum absolute atomic E-state index is 10.5. The number of pyridine rings is 1. The molecule has 0 aliphatic heterocycles. The van der Waals surface area contributed by atoms with E-state index < -0.39 is 6.09 Å². The van der Waals surface area contributed by atoms with Gasteiger partial charge in [-0.2, -0.15) is 0 Å². The number of hydrogen-bond acceptors (Lipinski definition) is 3. The molecule has 18 heavy (non-hydrogen) atoms. The molecule has 1 amide bonds. The van der Waals surface area contributed by atoms with Gasteiger partial charge in [0.15, 0.2) is 0 Å². The fourth-order valence-corrected chi connectivity index (χ4v) is 2.05. The number of hydrogen-bond donors (Lipinski definition) is 2. The van der Waals surface area contributed by atoms with E-state index in [4.69, 9.17) is 33.0 Å². The monoisotopic (exact) mass is 292 g/mol. The van der Waals surface area contributed by atoms with Crippen molar-refractivity contribution in [2.75, 3.05) is 7.11 Å². The highest BCUT2D eigenvalue weighted by Crippen LogP contribution is 2.29. The van der Waals surface area contributed by atoms with Gasteiger partial charge in [-0.1, -0.05) is 23.2 Å². The molecule has 2 N–H and O–H groups in total. The molecule has 0 aromatic carbocycles. The van der Waals surface area contributed by atoms with Crippen LogP contribution in [0.3, 0.4) is 0 Å². The summed E-state index contributed by atoms with van der Waals surface area (Å²) in [5.41, 5.74) is 0.725. The number of rotatable bonds is 5. The Morgan fingerprint density at radius 2 is 2.28 bits per heavy atom. The van der Waals surface area contributed by atoms with Crippen molar-refractivity contribution in [2.45, 2.75) is 25.8 Å². The lowest BCUT2D eigenvalue weighted by molar-refractivity contribution is 0.190. The molecule has 5 nitrogen and oxygen atoms in total. The largest absolute Gasteiger partial charge is 0.496 e. The molecule has 1 heterocycles. The maximum Gasteiger partial charge on any atom is 0.404 e. The molecule has 1 rings (SSSR count). The summed E-state index contributed by atoms with van der Waals surface area (Å²) in [7, 11) is 1.52. The minimum Gasteiger partial charge on any atom is -0.496 e. The van der Waals surface area contributed by atoms with Crippen LogP contribution in [0.4, 0.5) is 4.79 Å². The Labute approximate surface area is 115 Å². The van der Waals surface area contributed by atoms with E-state index in [1.54, 1.807) is 13.0 Å². The van der Waals surface area contributed by atoms with Gasteiger partial charge in [-0.05, 0) is 19.8 Å². The van der Waals surface area contributed by atoms with E-state index in [1.807, 2.05) is 0 Å². The number of nitrogens with one attached hydrogen (secondary N) is 1. The minimum atomic E-state index is -1.05. The van der Waals surface area contributed by atoms with Crippen LogP contribution in [0.15, 0.2) is 6.07 Å². The predicted molar refractivity (Wildman–Crippen MR) is 69.8 cm³/mol. The lowest BCUT2D eigenvalue weighted by Crippen LogP contribution is -2.31. The molecule has 0 spiro atoms. The van der Waals surface area contributed by atoms with Crippen LogP contribution in [-0.4, -0.2) is 29.3 Å². The number of carboxylic acid groups (broad SMARTS) is 1. The smallest absolute Gasteiger partial charge is 0.404 e. The van der Waals surface area contributed by atoms with Gasteiger partial charge in [-0.3, -0.25) is 0 Å². The van der Waals surface area contributed by atoms with Crippen molar-refractivity contribution in [1.82, 2.24) is 10.3 Å². The van der Waals surface area contributed by atoms with Crippen LogP contribution in [0, 0.1) is 0 Å². The fourth-order valence-electron chi connectivity index (χ4n) is 1.54. The Morgan fingerprint density at radius 1 is 1.61 bits per heavy atom. The number of ether oxygens (including phenoxy) is 1. The topological polar surface area (TPSA) is 71.5 Å². The summed E-state index contributed by atoms with van der Waals surface area (Å²) >= 11 is 11.8. The van der Waals surface area contributed by atoms with Gasteiger partial charge in [-0.15, -0.1) is 0 Å². The first-order valence-corrected chi connectivity index (χ1v) is 6.08. The molecule has 1 aromatic rings. The average Bonchev–Trinajstić information content (AvgIpc) is 2.25. The summed E-state index contributed by atoms with van der Waals surface area (Å²) in [5.74, 6) is 0.558. The number of halogens is 2. The summed E-state index contributed by atoms with van der Waals surface area (Å²) in [5, 5.41) is 11.5. The van der Waals surface area contributed by atoms with Crippen molar-refractivity contribution < 1.29 is 14.6 Å². The molecule has 100 valence electrons. The summed E-state index contributed by atoms with van der Waals surface area (Å²) < 4.78 is 5.17. The Hall–Kier alpha value is -1.20. The van der Waals surface area contributed by atoms with Gasteiger partial charge in [0.25, 0.3) is 0 Å². The van der Waals surface area contributed by atoms with Crippen LogP contribution in [-0.2, 0) is 6.42 Å². The Morgan fingerprint density at radius 3 is 2.83 bits per heavy atom. The molecule has 1 unspecified atom stereocenters. The first kappa shape index (κ1) is 14.9. The van der Waals surface area contributed by atoms with Crippen LogP contribution in [0.1, 0.15) is 18.9 Å². The van der Waals surface area contributed by atoms with Gasteiger partial charge < -0.3 is 15.2 Å². The van der Waals surface area contributed by atoms with Gasteiger partial charge in [-0.25, -0.2) is 9.78 Å². The minimum absolute atomic E-state index is 0.182. The summed E-state index contributed by atoms with van der Waals surface area (Å²) in [6, 6.07) is 1.40. The van der Waals surface area contributed by atoms with Crippen LogP contribution in [0.2, 0.25) is 10.3 Å². The molecule has 1 aromatic heterocycles. The fraction of sp³-hybridized carbons (Fsp3) is 0.455. The molecule has 0 saturated carbocycles. The SMILES string of the molecule is COc1cc(Cl)nc(Cl)c1CCC(C)NC(=O)O. The molecule has 0 bridgehead atoms. The third kappa shape index (κ3) is 4.23. The van der Waals surface area contributed by atoms with Crippen molar-refractivity contribution in [3.63, 3.8) is 0 Å². The zero-order valence-corrected chi connectivity index (χ0v) is 11.5. The third-order valence-electron chi connectivity index (χ3n) is 2.42. The Kier molecular flexibility index (Phi) is 5.50. The molecular formula is C11H14Cl2N2O3. The molecule has 7 heteroatoms. The van der Waals surface area contributed by atoms with Crippen LogP contribution in [0.25, 0.3) is 0 Å². The van der Waals surface area contributed by atoms with Crippen molar-refractivity contribution in [3.05, 3.63) is 21.9 Å². The van der Waals surface area contributed by atoms with Crippen molar-refractivity contribution >= 4 is 29.3 Å². The quantitative estimate of drug-likeness (QED) is 0.819. The van der Waals surface area contributed by atoms with Gasteiger partial charge in [0.05, 0.1) is 7.11 Å². The molecule has 0 aliphatic rings. The normalized spacial score (nSPS) is 12.0. The highest BCUT2D eigenvalue weighted by atomic mass is 35.5. The molecule has 1 atom stereocenters. The molecule has 0 aliphatic carbocycles. The van der Waals surface area contributed by atoms with E-state index in [0.29, 0.717) is 18.6 Å². The summed E-state index contributed by atoms with van der Waals surface area (Å²) in [6.07, 6.45) is 0.0917. The van der Waals surface area contributed by atoms with Crippen molar-refractivity contribution in [2.24, 2.45) is 0 Å². The zero-order valence-electron chi connectivity index (χ0n) is 10.0. The first-order chi connectivity index (χ1) is 8.43. The van der Waals surface area contributed by atoms with Gasteiger partial charge in [0.1, 0.15) is 16.1 Å². The lowest BCUT2D eigenvalue weighted by atomic mass is 10.1. The number of methoxy groups -OCH3 is 1. The Bertz CT molecular complexity index is 441. The third-order valence-corrected chi connectivity index (χ3v) is 2.93. The van der Waals surface area contributed by atoms with E-state index in [-0.39, 0.29) is 16.3 Å². The van der Waals surface area contributed by atoms with Crippen molar-refractivity contribution in [3.8, 4) is 5.75 Å². The summed E-state index contributed by atoms with van der Waals surface area (Å²) in [4.78, 5) is 14.4. The summed E-state index contributed by atoms with van der Waals surface area (Å²) in [6.45, 7) is 1.78. The highest BCUT2D eigenvalue weighted by molar-refractivity contribution is 6.33. The lowest BCUT2D eigenvalue weighted by Gasteiger charge is -2.14. The van der Waals surface area contributed by atoms with Crippen molar-refractivity contribution in [1.29, 1.82) is 0 Å². The second-order valence-electron chi connectivity index (χ2n) is 3.81. The standard InChI is InChI=1S/C11H14Cl2N2O3/c1-6(14-11(16)17)3-4-7-8(18-2)5-9(12)15-10(7)13/h5-6,14H,3-4H2,1-2H3,(H,16,17). The Balaban J connectivity index is 2.75. The van der Waals surface area contributed by atoms with Crippen LogP contribution >= 0.6 is 23.2 Å². The van der Waals surface area contributed by atoms with Gasteiger partial charge >= 0.3 is 6.09 Å². The zero-order chi connectivity index (χ0) is 13.7. The highest BCUT2D eigenvalue weighted by Gasteiger charge is 2.13. The molecule has 0 radical (unpaired) electrons. The van der Waals surface area contributed by atoms with E-state index in [0.717, 1.165) is 5.56 Å².